The molecule has 2 N–H and O–H groups in total. The van der Waals surface area contributed by atoms with Crippen LogP contribution in [0.1, 0.15) is 60.7 Å². The Morgan fingerprint density at radius 2 is 1.16 bits per heavy atom. The van der Waals surface area contributed by atoms with Crippen LogP contribution in [0.4, 0.5) is 0 Å². The zero-order chi connectivity index (χ0) is 30.8. The Morgan fingerprint density at radius 3 is 1.76 bits per heavy atom. The molecular weight excluding hydrogens is 580 g/mol. The minimum Gasteiger partial charge on any atom is -0.507 e. The quantitative estimate of drug-likeness (QED) is 0.269. The van der Waals surface area contributed by atoms with Gasteiger partial charge in [0.2, 0.25) is 19.4 Å². The summed E-state index contributed by atoms with van der Waals surface area (Å²) >= 11 is 0. The number of hydrogen-bond acceptors (Lipinski definition) is 10. The zero-order valence-electron chi connectivity index (χ0n) is 24.1. The fourth-order valence-corrected chi connectivity index (χ4v) is 6.84. The maximum atomic E-state index is 12.3. The molecule has 4 aromatic carbocycles. The van der Waals surface area contributed by atoms with Gasteiger partial charge in [-0.05, 0) is 66.1 Å². The number of ketones is 2. The molecule has 4 unspecified atom stereocenters. The second-order valence-electron chi connectivity index (χ2n) is 11.6. The van der Waals surface area contributed by atoms with Crippen molar-refractivity contribution >= 4 is 11.6 Å². The normalized spacial score (nSPS) is 23.2. The van der Waals surface area contributed by atoms with Crippen molar-refractivity contribution in [3.8, 4) is 34.5 Å². The van der Waals surface area contributed by atoms with Gasteiger partial charge in [0.15, 0.2) is 28.8 Å². The minimum absolute atomic E-state index is 0.0218. The van der Waals surface area contributed by atoms with E-state index in [1.54, 1.807) is 13.0 Å². The van der Waals surface area contributed by atoms with E-state index in [9.17, 15) is 19.8 Å². The molecule has 0 radical (unpaired) electrons. The molecule has 0 spiro atoms. The van der Waals surface area contributed by atoms with Gasteiger partial charge in [0.25, 0.3) is 0 Å². The maximum absolute atomic E-state index is 12.3. The summed E-state index contributed by atoms with van der Waals surface area (Å²) in [5, 5.41) is 19.6. The van der Waals surface area contributed by atoms with Crippen molar-refractivity contribution in [2.75, 3.05) is 26.8 Å². The van der Waals surface area contributed by atoms with Crippen molar-refractivity contribution in [2.24, 2.45) is 11.8 Å². The van der Waals surface area contributed by atoms with Gasteiger partial charge >= 0.3 is 0 Å². The number of ether oxygens (including phenoxy) is 6. The van der Waals surface area contributed by atoms with Crippen molar-refractivity contribution in [3.63, 3.8) is 0 Å². The zero-order valence-corrected chi connectivity index (χ0v) is 24.1. The van der Waals surface area contributed by atoms with Gasteiger partial charge < -0.3 is 38.6 Å². The smallest absolute Gasteiger partial charge is 0.231 e. The van der Waals surface area contributed by atoms with Crippen molar-refractivity contribution in [1.82, 2.24) is 0 Å². The van der Waals surface area contributed by atoms with E-state index in [2.05, 4.69) is 12.1 Å². The maximum Gasteiger partial charge on any atom is 0.231 e. The van der Waals surface area contributed by atoms with E-state index < -0.39 is 5.78 Å². The van der Waals surface area contributed by atoms with Crippen molar-refractivity contribution in [1.29, 1.82) is 0 Å². The molecule has 4 aliphatic heterocycles. The van der Waals surface area contributed by atoms with Crippen LogP contribution in [0, 0.1) is 18.8 Å². The average Bonchev–Trinajstić information content (AvgIpc) is 3.83. The molecule has 0 saturated carbocycles. The van der Waals surface area contributed by atoms with Crippen LogP contribution in [-0.2, 0) is 9.47 Å². The molecule has 4 atom stereocenters. The molecule has 4 heterocycles. The molecule has 0 bridgehead atoms. The number of carbonyl (C=O) groups excluding carboxylic acids is 2. The molecule has 5 aliphatic rings. The summed E-state index contributed by atoms with van der Waals surface area (Å²) in [5.74, 6) is 2.45. The van der Waals surface area contributed by atoms with E-state index in [0.29, 0.717) is 30.6 Å². The molecule has 2 fully saturated rings. The summed E-state index contributed by atoms with van der Waals surface area (Å²) in [4.78, 5) is 24.7. The first kappa shape index (κ1) is 27.5. The van der Waals surface area contributed by atoms with Crippen LogP contribution >= 0.6 is 0 Å². The summed E-state index contributed by atoms with van der Waals surface area (Å²) in [6.45, 7) is 3.67. The van der Waals surface area contributed by atoms with Gasteiger partial charge in [0.1, 0.15) is 11.5 Å². The Bertz CT molecular complexity index is 1810. The Morgan fingerprint density at radius 1 is 0.600 bits per heavy atom. The van der Waals surface area contributed by atoms with Crippen LogP contribution in [0.3, 0.4) is 0 Å². The highest BCUT2D eigenvalue weighted by Crippen LogP contribution is 2.52. The van der Waals surface area contributed by atoms with E-state index >= 15 is 0 Å². The number of phenols is 2. The highest BCUT2D eigenvalue weighted by Gasteiger charge is 2.48. The van der Waals surface area contributed by atoms with Crippen molar-refractivity contribution < 1.29 is 48.2 Å². The molecule has 9 rings (SSSR count). The van der Waals surface area contributed by atoms with Gasteiger partial charge in [-0.1, -0.05) is 24.3 Å². The van der Waals surface area contributed by atoms with Crippen LogP contribution in [-0.4, -0.2) is 48.6 Å². The summed E-state index contributed by atoms with van der Waals surface area (Å²) in [5.41, 5.74) is 3.21. The fourth-order valence-electron chi connectivity index (χ4n) is 6.84. The lowest BCUT2D eigenvalue weighted by Gasteiger charge is -2.19. The highest BCUT2D eigenvalue weighted by molar-refractivity contribution is 6.30. The van der Waals surface area contributed by atoms with Gasteiger partial charge in [0.05, 0.1) is 36.5 Å². The standard InChI is InChI=1S/C20H18O6.C15H10O4/c1-3-15-17(25-9-23-15)5-11(1)19-13-7-22-20(14(13)8-21-19)12-2-4-16-18(6-12)26-10-24-16;1-7-5-9-13(11(17)6-7)15(19)12-8(14(9)18)3-2-4-10(12)16/h1-6,13-14,19-20H,7-10H2;2-6,16-17H,1H3. The molecule has 45 heavy (non-hydrogen) atoms. The third-order valence-corrected chi connectivity index (χ3v) is 8.96. The Labute approximate surface area is 257 Å². The average molecular weight is 609 g/mol. The Kier molecular flexibility index (Phi) is 6.44. The number of fused-ring (bicyclic) bond motifs is 5. The van der Waals surface area contributed by atoms with Gasteiger partial charge in [-0.3, -0.25) is 9.59 Å². The van der Waals surface area contributed by atoms with Crippen LogP contribution in [0.2, 0.25) is 0 Å². The Hall–Kier alpha value is -5.06. The molecule has 228 valence electrons. The first-order valence-corrected chi connectivity index (χ1v) is 14.6. The lowest BCUT2D eigenvalue weighted by molar-refractivity contribution is 0.0192. The van der Waals surface area contributed by atoms with Crippen LogP contribution in [0.5, 0.6) is 34.5 Å². The first-order chi connectivity index (χ1) is 21.9. The summed E-state index contributed by atoms with van der Waals surface area (Å²) in [6, 6.07) is 19.5. The molecular formula is C35H28O10. The SMILES string of the molecule is Cc1cc(O)c2c(c1)C(=O)c1cccc(O)c1C2=O.c1cc2c(cc1C1OCC3C(c4ccc5c(c4)OCO5)OCC13)OCO2. The predicted molar refractivity (Wildman–Crippen MR) is 157 cm³/mol. The van der Waals surface area contributed by atoms with E-state index in [1.165, 1.54) is 24.3 Å². The number of aryl methyl sites for hydroxylation is 1. The number of carbonyl (C=O) groups is 2. The molecule has 10 heteroatoms. The third-order valence-electron chi connectivity index (χ3n) is 8.96. The molecule has 10 nitrogen and oxygen atoms in total. The lowest BCUT2D eigenvalue weighted by atomic mass is 9.82. The van der Waals surface area contributed by atoms with E-state index in [0.717, 1.165) is 34.1 Å². The molecule has 0 aromatic heterocycles. The van der Waals surface area contributed by atoms with Gasteiger partial charge in [-0.15, -0.1) is 0 Å². The van der Waals surface area contributed by atoms with Crippen molar-refractivity contribution in [2.45, 2.75) is 19.1 Å². The fraction of sp³-hybridized carbons (Fsp3) is 0.257. The van der Waals surface area contributed by atoms with Gasteiger partial charge in [-0.2, -0.15) is 0 Å². The number of rotatable bonds is 2. The van der Waals surface area contributed by atoms with Crippen LogP contribution in [0.15, 0.2) is 66.7 Å². The summed E-state index contributed by atoms with van der Waals surface area (Å²) in [7, 11) is 0. The molecule has 0 amide bonds. The molecule has 2 saturated heterocycles. The van der Waals surface area contributed by atoms with Gasteiger partial charge in [-0.25, -0.2) is 0 Å². The van der Waals surface area contributed by atoms with E-state index in [-0.39, 0.29) is 65.3 Å². The first-order valence-electron chi connectivity index (χ1n) is 14.6. The lowest BCUT2D eigenvalue weighted by Crippen LogP contribution is -2.21. The summed E-state index contributed by atoms with van der Waals surface area (Å²) < 4.78 is 34.2. The van der Waals surface area contributed by atoms with Crippen molar-refractivity contribution in [3.05, 3.63) is 106 Å². The summed E-state index contributed by atoms with van der Waals surface area (Å²) in [6.07, 6.45) is 0.0435. The largest absolute Gasteiger partial charge is 0.507 e. The van der Waals surface area contributed by atoms with Crippen LogP contribution < -0.4 is 18.9 Å². The van der Waals surface area contributed by atoms with E-state index in [1.807, 2.05) is 24.3 Å². The van der Waals surface area contributed by atoms with E-state index in [4.69, 9.17) is 28.4 Å². The predicted octanol–water partition coefficient (Wildman–Crippen LogP) is 5.40. The number of hydrogen-bond donors (Lipinski definition) is 2. The number of aromatic hydroxyl groups is 2. The second kappa shape index (κ2) is 10.5. The monoisotopic (exact) mass is 608 g/mol. The van der Waals surface area contributed by atoms with Crippen LogP contribution in [0.25, 0.3) is 0 Å². The Balaban J connectivity index is 0.000000141. The van der Waals surface area contributed by atoms with Gasteiger partial charge in [0, 0.05) is 23.0 Å². The highest BCUT2D eigenvalue weighted by atomic mass is 16.7. The minimum atomic E-state index is -0.528. The number of phenolic OH excluding ortho intramolecular Hbond substituents is 2. The number of benzene rings is 4. The molecule has 1 aliphatic carbocycles. The second-order valence-corrected chi connectivity index (χ2v) is 11.6. The third kappa shape index (κ3) is 4.48. The topological polar surface area (TPSA) is 130 Å². The molecule has 4 aromatic rings.